The number of carbonyl (C=O) groups is 2. The van der Waals surface area contributed by atoms with Crippen molar-refractivity contribution in [3.05, 3.63) is 63.2 Å². The van der Waals surface area contributed by atoms with Crippen LogP contribution in [0.5, 0.6) is 5.75 Å². The quantitative estimate of drug-likeness (QED) is 0.438. The van der Waals surface area contributed by atoms with E-state index in [1.165, 1.54) is 13.2 Å². The average Bonchev–Trinajstić information content (AvgIpc) is 2.67. The number of benzene rings is 2. The molecule has 2 rings (SSSR count). The molecule has 1 N–H and O–H groups in total. The SMILES string of the molecule is COC(=O)COc1c(C)cc(C=C(C#N)C(=O)Nc2c(C)cc(C)cc2C)cc1C. The van der Waals surface area contributed by atoms with Gasteiger partial charge >= 0.3 is 5.97 Å². The van der Waals surface area contributed by atoms with Gasteiger partial charge in [-0.25, -0.2) is 4.79 Å². The zero-order chi connectivity index (χ0) is 22.4. The lowest BCUT2D eigenvalue weighted by Crippen LogP contribution is -2.15. The van der Waals surface area contributed by atoms with Crippen molar-refractivity contribution in [3.8, 4) is 11.8 Å². The summed E-state index contributed by atoms with van der Waals surface area (Å²) in [7, 11) is 1.30. The van der Waals surface area contributed by atoms with Crippen molar-refractivity contribution in [2.75, 3.05) is 19.0 Å². The minimum absolute atomic E-state index is 0.00333. The summed E-state index contributed by atoms with van der Waals surface area (Å²) in [5.41, 5.74) is 5.97. The number of rotatable bonds is 6. The van der Waals surface area contributed by atoms with Gasteiger partial charge in [-0.15, -0.1) is 0 Å². The molecule has 0 saturated carbocycles. The Labute approximate surface area is 177 Å². The van der Waals surface area contributed by atoms with E-state index in [4.69, 9.17) is 4.74 Å². The topological polar surface area (TPSA) is 88.4 Å². The highest BCUT2D eigenvalue weighted by Gasteiger charge is 2.14. The Morgan fingerprint density at radius 2 is 1.57 bits per heavy atom. The third-order valence-corrected chi connectivity index (χ3v) is 4.64. The highest BCUT2D eigenvalue weighted by Crippen LogP contribution is 2.27. The van der Waals surface area contributed by atoms with Gasteiger partial charge in [-0.2, -0.15) is 5.26 Å². The minimum Gasteiger partial charge on any atom is -0.481 e. The second-order valence-corrected chi connectivity index (χ2v) is 7.25. The van der Waals surface area contributed by atoms with Gasteiger partial charge in [0.05, 0.1) is 7.11 Å². The van der Waals surface area contributed by atoms with Crippen molar-refractivity contribution in [1.82, 2.24) is 0 Å². The van der Waals surface area contributed by atoms with E-state index in [-0.39, 0.29) is 12.2 Å². The Kier molecular flexibility index (Phi) is 7.38. The Morgan fingerprint density at radius 3 is 2.07 bits per heavy atom. The number of esters is 1. The van der Waals surface area contributed by atoms with E-state index in [1.807, 2.05) is 52.8 Å². The molecule has 0 aromatic heterocycles. The maximum absolute atomic E-state index is 12.7. The monoisotopic (exact) mass is 406 g/mol. The summed E-state index contributed by atoms with van der Waals surface area (Å²) in [5, 5.41) is 12.4. The number of anilines is 1. The summed E-state index contributed by atoms with van der Waals surface area (Å²) in [6.07, 6.45) is 1.54. The molecule has 6 nitrogen and oxygen atoms in total. The second-order valence-electron chi connectivity index (χ2n) is 7.25. The van der Waals surface area contributed by atoms with Crippen molar-refractivity contribution in [3.63, 3.8) is 0 Å². The maximum Gasteiger partial charge on any atom is 0.343 e. The molecule has 0 radical (unpaired) electrons. The van der Waals surface area contributed by atoms with Crippen LogP contribution in [-0.4, -0.2) is 25.6 Å². The smallest absolute Gasteiger partial charge is 0.343 e. The molecule has 0 spiro atoms. The van der Waals surface area contributed by atoms with E-state index in [9.17, 15) is 14.9 Å². The molecule has 30 heavy (non-hydrogen) atoms. The van der Waals surface area contributed by atoms with Gasteiger partial charge in [-0.05, 0) is 80.6 Å². The Bertz CT molecular complexity index is 1020. The lowest BCUT2D eigenvalue weighted by molar-refractivity contribution is -0.142. The molecule has 2 aromatic rings. The Hall–Kier alpha value is -3.59. The molecule has 1 amide bonds. The minimum atomic E-state index is -0.470. The number of nitrogens with one attached hydrogen (secondary N) is 1. The number of ether oxygens (including phenoxy) is 2. The molecule has 0 aliphatic carbocycles. The van der Waals surface area contributed by atoms with Gasteiger partial charge in [0.15, 0.2) is 6.61 Å². The lowest BCUT2D eigenvalue weighted by atomic mass is 10.0. The number of aryl methyl sites for hydroxylation is 5. The zero-order valence-corrected chi connectivity index (χ0v) is 18.2. The molecule has 0 saturated heterocycles. The predicted octanol–water partition coefficient (Wildman–Crippen LogP) is 4.33. The Morgan fingerprint density at radius 1 is 1.00 bits per heavy atom. The van der Waals surface area contributed by atoms with Crippen LogP contribution in [-0.2, 0) is 14.3 Å². The third kappa shape index (κ3) is 5.48. The zero-order valence-electron chi connectivity index (χ0n) is 18.2. The largest absolute Gasteiger partial charge is 0.481 e. The number of methoxy groups -OCH3 is 1. The standard InChI is InChI=1S/C24H26N2O4/c1-14-7-15(2)22(16(3)8-14)26-24(28)20(12-25)11-19-9-17(4)23(18(5)10-19)30-13-21(27)29-6/h7-11H,13H2,1-6H3,(H,26,28). The molecular weight excluding hydrogens is 380 g/mol. The van der Waals surface area contributed by atoms with Gasteiger partial charge in [-0.1, -0.05) is 17.7 Å². The number of nitrogens with zero attached hydrogens (tertiary/aromatic N) is 1. The molecule has 0 aliphatic heterocycles. The number of nitriles is 1. The fourth-order valence-corrected chi connectivity index (χ4v) is 3.36. The molecule has 0 heterocycles. The van der Waals surface area contributed by atoms with Gasteiger partial charge in [0, 0.05) is 5.69 Å². The molecule has 0 aliphatic rings. The van der Waals surface area contributed by atoms with E-state index in [0.29, 0.717) is 17.0 Å². The van der Waals surface area contributed by atoms with E-state index < -0.39 is 11.9 Å². The first-order valence-corrected chi connectivity index (χ1v) is 9.48. The van der Waals surface area contributed by atoms with Crippen LogP contribution >= 0.6 is 0 Å². The fourth-order valence-electron chi connectivity index (χ4n) is 3.36. The van der Waals surface area contributed by atoms with Crippen LogP contribution < -0.4 is 10.1 Å². The van der Waals surface area contributed by atoms with Gasteiger partial charge < -0.3 is 14.8 Å². The predicted molar refractivity (Wildman–Crippen MR) is 116 cm³/mol. The van der Waals surface area contributed by atoms with E-state index >= 15 is 0 Å². The van der Waals surface area contributed by atoms with Crippen LogP contribution in [0, 0.1) is 45.9 Å². The number of hydrogen-bond acceptors (Lipinski definition) is 5. The molecule has 156 valence electrons. The van der Waals surface area contributed by atoms with Crippen molar-refractivity contribution in [2.24, 2.45) is 0 Å². The highest BCUT2D eigenvalue weighted by molar-refractivity contribution is 6.10. The van der Waals surface area contributed by atoms with Crippen molar-refractivity contribution >= 4 is 23.6 Å². The van der Waals surface area contributed by atoms with Crippen LogP contribution in [0.3, 0.4) is 0 Å². The normalized spacial score (nSPS) is 10.9. The number of carbonyl (C=O) groups excluding carboxylic acids is 2. The number of amides is 1. The summed E-state index contributed by atoms with van der Waals surface area (Å²) in [5.74, 6) is -0.358. The van der Waals surface area contributed by atoms with Gasteiger partial charge in [-0.3, -0.25) is 4.79 Å². The molecule has 0 atom stereocenters. The summed E-state index contributed by atoms with van der Waals surface area (Å²) >= 11 is 0. The highest BCUT2D eigenvalue weighted by atomic mass is 16.6. The maximum atomic E-state index is 12.7. The first kappa shape index (κ1) is 22.7. The van der Waals surface area contributed by atoms with E-state index in [2.05, 4.69) is 10.1 Å². The molecule has 0 bridgehead atoms. The van der Waals surface area contributed by atoms with Crippen LogP contribution in [0.15, 0.2) is 29.8 Å². The molecule has 2 aromatic carbocycles. The van der Waals surface area contributed by atoms with Crippen molar-refractivity contribution in [1.29, 1.82) is 5.26 Å². The van der Waals surface area contributed by atoms with Crippen LogP contribution in [0.25, 0.3) is 6.08 Å². The molecule has 6 heteroatoms. The van der Waals surface area contributed by atoms with E-state index in [1.54, 1.807) is 12.1 Å². The summed E-state index contributed by atoms with van der Waals surface area (Å²) in [6, 6.07) is 9.54. The summed E-state index contributed by atoms with van der Waals surface area (Å²) < 4.78 is 10.1. The van der Waals surface area contributed by atoms with Gasteiger partial charge in [0.2, 0.25) is 0 Å². The average molecular weight is 406 g/mol. The van der Waals surface area contributed by atoms with E-state index in [0.717, 1.165) is 27.8 Å². The summed E-state index contributed by atoms with van der Waals surface area (Å²) in [4.78, 5) is 24.0. The molecular formula is C24H26N2O4. The van der Waals surface area contributed by atoms with Crippen LogP contribution in [0.4, 0.5) is 5.69 Å². The van der Waals surface area contributed by atoms with Gasteiger partial charge in [0.1, 0.15) is 17.4 Å². The van der Waals surface area contributed by atoms with Crippen molar-refractivity contribution < 1.29 is 19.1 Å². The fraction of sp³-hybridized carbons (Fsp3) is 0.292. The third-order valence-electron chi connectivity index (χ3n) is 4.64. The molecule has 0 fully saturated rings. The first-order chi connectivity index (χ1) is 14.2. The summed E-state index contributed by atoms with van der Waals surface area (Å²) in [6.45, 7) is 9.32. The van der Waals surface area contributed by atoms with Crippen LogP contribution in [0.2, 0.25) is 0 Å². The Balaban J connectivity index is 2.28. The molecule has 0 unspecified atom stereocenters. The second kappa shape index (κ2) is 9.75. The van der Waals surface area contributed by atoms with Crippen LogP contribution in [0.1, 0.15) is 33.4 Å². The lowest BCUT2D eigenvalue weighted by Gasteiger charge is -2.13. The van der Waals surface area contributed by atoms with Crippen molar-refractivity contribution in [2.45, 2.75) is 34.6 Å². The number of hydrogen-bond donors (Lipinski definition) is 1. The first-order valence-electron chi connectivity index (χ1n) is 9.48. The van der Waals surface area contributed by atoms with Gasteiger partial charge in [0.25, 0.3) is 5.91 Å².